The highest BCUT2D eigenvalue weighted by molar-refractivity contribution is 7.92. The van der Waals surface area contributed by atoms with Gasteiger partial charge < -0.3 is 9.84 Å². The Balaban J connectivity index is 1.90. The van der Waals surface area contributed by atoms with E-state index in [0.29, 0.717) is 5.56 Å². The number of Topliss-reactive ketones (excluding diaryl/α,β-unsaturated/α-hetero) is 1. The Kier molecular flexibility index (Phi) is 5.94. The summed E-state index contributed by atoms with van der Waals surface area (Å²) in [5.41, 5.74) is 0.0837. The fourth-order valence-electron chi connectivity index (χ4n) is 2.77. The van der Waals surface area contributed by atoms with Crippen molar-refractivity contribution >= 4 is 31.5 Å². The molecule has 0 unspecified atom stereocenters. The molecule has 0 saturated carbocycles. The standard InChI is InChI=1S/C18H20N2O7S2/c1-13(21)14-2-4-15(5-3-14)28(23,24)19-17-12-16(6-7-18(17)22)29(25,26)20-8-10-27-11-9-20/h2-7,12,19,22H,8-11H2,1H3. The second-order valence-corrected chi connectivity index (χ2v) is 10.0. The van der Waals surface area contributed by atoms with Crippen LogP contribution in [0.4, 0.5) is 5.69 Å². The van der Waals surface area contributed by atoms with Gasteiger partial charge in [0.1, 0.15) is 5.75 Å². The van der Waals surface area contributed by atoms with Crippen molar-refractivity contribution in [2.45, 2.75) is 16.7 Å². The summed E-state index contributed by atoms with van der Waals surface area (Å²) in [6, 6.07) is 8.65. The predicted molar refractivity (Wildman–Crippen MR) is 105 cm³/mol. The summed E-state index contributed by atoms with van der Waals surface area (Å²) in [6.45, 7) is 2.28. The first-order valence-corrected chi connectivity index (χ1v) is 11.6. The lowest BCUT2D eigenvalue weighted by molar-refractivity contribution is 0.0730. The summed E-state index contributed by atoms with van der Waals surface area (Å²) in [5, 5.41) is 10.0. The van der Waals surface area contributed by atoms with E-state index in [2.05, 4.69) is 4.72 Å². The molecule has 1 aliphatic rings. The number of phenolic OH excluding ortho intramolecular Hbond substituents is 1. The van der Waals surface area contributed by atoms with Gasteiger partial charge in [-0.25, -0.2) is 16.8 Å². The van der Waals surface area contributed by atoms with Gasteiger partial charge in [-0.1, -0.05) is 12.1 Å². The molecular weight excluding hydrogens is 420 g/mol. The molecule has 1 aliphatic heterocycles. The van der Waals surface area contributed by atoms with Gasteiger partial charge in [0.2, 0.25) is 10.0 Å². The summed E-state index contributed by atoms with van der Waals surface area (Å²) in [7, 11) is -7.98. The van der Waals surface area contributed by atoms with Crippen LogP contribution in [-0.2, 0) is 24.8 Å². The molecule has 156 valence electrons. The van der Waals surface area contributed by atoms with E-state index in [9.17, 15) is 26.7 Å². The van der Waals surface area contributed by atoms with E-state index in [1.807, 2.05) is 0 Å². The third-order valence-corrected chi connectivity index (χ3v) is 7.67. The van der Waals surface area contributed by atoms with Crippen LogP contribution in [0.3, 0.4) is 0 Å². The maximum Gasteiger partial charge on any atom is 0.262 e. The van der Waals surface area contributed by atoms with Crippen LogP contribution in [0, 0.1) is 0 Å². The minimum Gasteiger partial charge on any atom is -0.506 e. The third kappa shape index (κ3) is 4.58. The Morgan fingerprint density at radius 1 is 1.00 bits per heavy atom. The van der Waals surface area contributed by atoms with Crippen molar-refractivity contribution in [3.63, 3.8) is 0 Å². The molecule has 1 heterocycles. The Labute approximate surface area is 169 Å². The Morgan fingerprint density at radius 2 is 1.59 bits per heavy atom. The van der Waals surface area contributed by atoms with Crippen LogP contribution < -0.4 is 4.72 Å². The van der Waals surface area contributed by atoms with Crippen molar-refractivity contribution in [2.75, 3.05) is 31.0 Å². The topological polar surface area (TPSA) is 130 Å². The lowest BCUT2D eigenvalue weighted by atomic mass is 10.2. The third-order valence-electron chi connectivity index (χ3n) is 4.39. The quantitative estimate of drug-likeness (QED) is 0.513. The number of sulfonamides is 2. The number of hydrogen-bond acceptors (Lipinski definition) is 7. The Hall–Kier alpha value is -2.47. The van der Waals surface area contributed by atoms with Crippen LogP contribution in [0.1, 0.15) is 17.3 Å². The lowest BCUT2D eigenvalue weighted by Crippen LogP contribution is -2.40. The second kappa shape index (κ2) is 8.11. The highest BCUT2D eigenvalue weighted by Crippen LogP contribution is 2.30. The highest BCUT2D eigenvalue weighted by Gasteiger charge is 2.27. The number of anilines is 1. The molecule has 0 spiro atoms. The molecule has 0 atom stereocenters. The molecule has 0 radical (unpaired) electrons. The molecule has 29 heavy (non-hydrogen) atoms. The summed E-state index contributed by atoms with van der Waals surface area (Å²) < 4.78 is 59.3. The fourth-order valence-corrected chi connectivity index (χ4v) is 5.27. The van der Waals surface area contributed by atoms with Gasteiger partial charge in [0.25, 0.3) is 10.0 Å². The number of nitrogens with one attached hydrogen (secondary N) is 1. The minimum atomic E-state index is -4.12. The van der Waals surface area contributed by atoms with Gasteiger partial charge in [0.05, 0.1) is 28.7 Å². The molecule has 2 aromatic rings. The number of ketones is 1. The SMILES string of the molecule is CC(=O)c1ccc(S(=O)(=O)Nc2cc(S(=O)(=O)N3CCOCC3)ccc2O)cc1. The van der Waals surface area contributed by atoms with Gasteiger partial charge in [-0.05, 0) is 37.3 Å². The fraction of sp³-hybridized carbons (Fsp3) is 0.278. The number of aromatic hydroxyl groups is 1. The lowest BCUT2D eigenvalue weighted by Gasteiger charge is -2.26. The zero-order valence-electron chi connectivity index (χ0n) is 15.5. The van der Waals surface area contributed by atoms with E-state index in [-0.39, 0.29) is 47.6 Å². The van der Waals surface area contributed by atoms with Crippen LogP contribution in [-0.4, -0.2) is 58.3 Å². The van der Waals surface area contributed by atoms with E-state index < -0.39 is 25.8 Å². The summed E-state index contributed by atoms with van der Waals surface area (Å²) in [6.07, 6.45) is 0. The van der Waals surface area contributed by atoms with Crippen molar-refractivity contribution in [1.82, 2.24) is 4.31 Å². The average Bonchev–Trinajstić information content (AvgIpc) is 2.70. The molecule has 0 aliphatic carbocycles. The molecule has 9 nitrogen and oxygen atoms in total. The normalized spacial score (nSPS) is 15.8. The molecule has 2 N–H and O–H groups in total. The number of morpholine rings is 1. The summed E-state index contributed by atoms with van der Waals surface area (Å²) >= 11 is 0. The molecule has 11 heteroatoms. The van der Waals surface area contributed by atoms with E-state index in [0.717, 1.165) is 12.1 Å². The first kappa shape index (κ1) is 21.2. The zero-order chi connectivity index (χ0) is 21.2. The largest absolute Gasteiger partial charge is 0.506 e. The summed E-state index contributed by atoms with van der Waals surface area (Å²) in [4.78, 5) is 11.1. The minimum absolute atomic E-state index is 0.136. The smallest absolute Gasteiger partial charge is 0.262 e. The second-order valence-electron chi connectivity index (χ2n) is 6.38. The van der Waals surface area contributed by atoms with Gasteiger partial charge >= 0.3 is 0 Å². The van der Waals surface area contributed by atoms with E-state index in [1.54, 1.807) is 0 Å². The van der Waals surface area contributed by atoms with Gasteiger partial charge in [0, 0.05) is 18.7 Å². The van der Waals surface area contributed by atoms with Crippen molar-refractivity contribution in [1.29, 1.82) is 0 Å². The van der Waals surface area contributed by atoms with Crippen LogP contribution in [0.15, 0.2) is 52.3 Å². The molecule has 0 bridgehead atoms. The number of carbonyl (C=O) groups excluding carboxylic acids is 1. The van der Waals surface area contributed by atoms with Gasteiger partial charge in [-0.3, -0.25) is 9.52 Å². The van der Waals surface area contributed by atoms with Gasteiger partial charge in [-0.15, -0.1) is 0 Å². The number of rotatable bonds is 6. The van der Waals surface area contributed by atoms with Crippen molar-refractivity contribution < 1.29 is 31.5 Å². The van der Waals surface area contributed by atoms with Crippen LogP contribution in [0.2, 0.25) is 0 Å². The Morgan fingerprint density at radius 3 is 2.17 bits per heavy atom. The van der Waals surface area contributed by atoms with Crippen LogP contribution in [0.5, 0.6) is 5.75 Å². The molecule has 0 aromatic heterocycles. The van der Waals surface area contributed by atoms with E-state index in [1.165, 1.54) is 41.6 Å². The maximum atomic E-state index is 12.8. The van der Waals surface area contributed by atoms with Crippen LogP contribution in [0.25, 0.3) is 0 Å². The molecule has 1 saturated heterocycles. The van der Waals surface area contributed by atoms with E-state index >= 15 is 0 Å². The highest BCUT2D eigenvalue weighted by atomic mass is 32.2. The zero-order valence-corrected chi connectivity index (χ0v) is 17.2. The number of ether oxygens (including phenoxy) is 1. The first-order chi connectivity index (χ1) is 13.6. The van der Waals surface area contributed by atoms with Crippen molar-refractivity contribution in [2.24, 2.45) is 0 Å². The average molecular weight is 440 g/mol. The molecule has 3 rings (SSSR count). The maximum absolute atomic E-state index is 12.8. The van der Waals surface area contributed by atoms with Gasteiger partial charge in [-0.2, -0.15) is 4.31 Å². The molecule has 1 fully saturated rings. The number of hydrogen-bond donors (Lipinski definition) is 2. The summed E-state index contributed by atoms with van der Waals surface area (Å²) in [5.74, 6) is -0.629. The number of carbonyl (C=O) groups is 1. The van der Waals surface area contributed by atoms with Crippen molar-refractivity contribution in [3.8, 4) is 5.75 Å². The predicted octanol–water partition coefficient (Wildman–Crippen LogP) is 1.42. The van der Waals surface area contributed by atoms with Crippen molar-refractivity contribution in [3.05, 3.63) is 48.0 Å². The van der Waals surface area contributed by atoms with Crippen LogP contribution >= 0.6 is 0 Å². The van der Waals surface area contributed by atoms with Gasteiger partial charge in [0.15, 0.2) is 5.78 Å². The number of phenols is 1. The Bertz CT molecular complexity index is 1120. The number of benzene rings is 2. The molecule has 2 aromatic carbocycles. The first-order valence-electron chi connectivity index (χ1n) is 8.66. The monoisotopic (exact) mass is 440 g/mol. The van der Waals surface area contributed by atoms with E-state index in [4.69, 9.17) is 4.74 Å². The molecule has 0 amide bonds. The number of nitrogens with zero attached hydrogens (tertiary/aromatic N) is 1. The molecular formula is C18H20N2O7S2.